The zero-order valence-electron chi connectivity index (χ0n) is 86.3. The van der Waals surface area contributed by atoms with Gasteiger partial charge in [-0.1, -0.05) is 483 Å². The molecule has 9 nitrogen and oxygen atoms in total. The minimum atomic E-state index is -0.133. The van der Waals surface area contributed by atoms with Crippen molar-refractivity contribution in [3.05, 3.63) is 488 Å². The minimum Gasteiger partial charge on any atom is -0.208 e. The molecule has 3 aliphatic carbocycles. The van der Waals surface area contributed by atoms with E-state index >= 15 is 0 Å². The maximum Gasteiger partial charge on any atom is 0.164 e. The SMILES string of the molecule is CC1(C)c2cc(-c3ccc(-c4nc(-c5ccccc5)nc(-c5ccccc5)n4)cc3)ccc2-c2cc3c(ccc4ccccc43)cc2C1(C)C.CC1(C)c2cc(-c3cccc(-c4nc(-c5ccccc5)nc(-c5ccccc5)n4)c3)ccc2-c2cc3c(ccc4ccccc43)cc2C1(C)C.CC1(C)c2cc(-c3cccc(-c4nc(-c5ccccc5)nc(-c5ccccc5)n4)c3)ccc2-c2ccc3c(ccc4ccccc43)c2C1(C)C. The fraction of sp³-hybridized carbons (Fsp3) is 0.128. The van der Waals surface area contributed by atoms with Crippen molar-refractivity contribution >= 4 is 64.6 Å². The zero-order valence-corrected chi connectivity index (χ0v) is 86.3. The Morgan fingerprint density at radius 2 is 0.340 bits per heavy atom. The average molecular weight is 1930 g/mol. The number of hydrogen-bond donors (Lipinski definition) is 0. The first-order chi connectivity index (χ1) is 72.8. The topological polar surface area (TPSA) is 116 Å². The quantitative estimate of drug-likeness (QED) is 0.110. The smallest absolute Gasteiger partial charge is 0.164 e. The number of fused-ring (bicyclic) bond motifs is 19. The fourth-order valence-electron chi connectivity index (χ4n) is 23.3. The molecule has 0 fully saturated rings. The third-order valence-corrected chi connectivity index (χ3v) is 33.8. The molecule has 27 rings (SSSR count). The number of hydrogen-bond acceptors (Lipinski definition) is 9. The lowest BCUT2D eigenvalue weighted by Crippen LogP contribution is -2.43. The van der Waals surface area contributed by atoms with Gasteiger partial charge in [-0.15, -0.1) is 0 Å². The summed E-state index contributed by atoms with van der Waals surface area (Å²) in [5.74, 6) is 5.97. The molecule has 24 aromatic rings. The van der Waals surface area contributed by atoms with Gasteiger partial charge in [0.25, 0.3) is 0 Å². The van der Waals surface area contributed by atoms with Gasteiger partial charge in [0, 0.05) is 55.5 Å². The predicted octanol–water partition coefficient (Wildman–Crippen LogP) is 36.2. The lowest BCUT2D eigenvalue weighted by molar-refractivity contribution is 0.299. The van der Waals surface area contributed by atoms with E-state index in [-0.39, 0.29) is 32.5 Å². The van der Waals surface area contributed by atoms with Crippen molar-refractivity contribution in [2.75, 3.05) is 0 Å². The van der Waals surface area contributed by atoms with Crippen molar-refractivity contribution < 1.29 is 0 Å². The third-order valence-electron chi connectivity index (χ3n) is 33.8. The first-order valence-electron chi connectivity index (χ1n) is 52.1. The number of benzene rings is 21. The van der Waals surface area contributed by atoms with Crippen LogP contribution >= 0.6 is 0 Å². The van der Waals surface area contributed by atoms with Crippen molar-refractivity contribution in [1.82, 2.24) is 44.9 Å². The summed E-state index contributed by atoms with van der Waals surface area (Å²) in [6.07, 6.45) is 0. The Morgan fingerprint density at radius 1 is 0.120 bits per heavy atom. The van der Waals surface area contributed by atoms with E-state index in [1.54, 1.807) is 0 Å². The second kappa shape index (κ2) is 36.7. The molecule has 720 valence electrons. The summed E-state index contributed by atoms with van der Waals surface area (Å²) >= 11 is 0. The summed E-state index contributed by atoms with van der Waals surface area (Å²) in [5.41, 5.74) is 31.4. The van der Waals surface area contributed by atoms with Gasteiger partial charge >= 0.3 is 0 Å². The van der Waals surface area contributed by atoms with Crippen molar-refractivity contribution in [3.8, 4) is 169 Å². The Bertz CT molecular complexity index is 9290. The zero-order chi connectivity index (χ0) is 102. The van der Waals surface area contributed by atoms with E-state index < -0.39 is 0 Å². The van der Waals surface area contributed by atoms with Gasteiger partial charge in [-0.2, -0.15) is 0 Å². The van der Waals surface area contributed by atoms with Gasteiger partial charge < -0.3 is 0 Å². The Morgan fingerprint density at radius 3 is 0.680 bits per heavy atom. The van der Waals surface area contributed by atoms with Crippen LogP contribution in [-0.4, -0.2) is 44.9 Å². The van der Waals surface area contributed by atoms with Crippen LogP contribution in [0.3, 0.4) is 0 Å². The Labute approximate surface area is 876 Å². The Balaban J connectivity index is 0.000000116. The molecule has 0 N–H and O–H groups in total. The molecule has 9 heteroatoms. The Kier molecular flexibility index (Phi) is 22.8. The van der Waals surface area contributed by atoms with Crippen molar-refractivity contribution in [2.45, 2.75) is 116 Å². The lowest BCUT2D eigenvalue weighted by atomic mass is 9.54. The molecule has 0 unspecified atom stereocenters. The van der Waals surface area contributed by atoms with E-state index in [2.05, 4.69) is 356 Å². The maximum absolute atomic E-state index is 5.00. The van der Waals surface area contributed by atoms with Crippen molar-refractivity contribution in [2.24, 2.45) is 0 Å². The molecular weight excluding hydrogens is 1820 g/mol. The highest BCUT2D eigenvalue weighted by Gasteiger charge is 2.50. The molecule has 0 saturated carbocycles. The molecule has 3 heterocycles. The summed E-state index contributed by atoms with van der Waals surface area (Å²) in [5, 5.41) is 15.6. The minimum absolute atomic E-state index is 0.0801. The lowest BCUT2D eigenvalue weighted by Gasteiger charge is -2.49. The van der Waals surface area contributed by atoms with Gasteiger partial charge in [0.2, 0.25) is 0 Å². The van der Waals surface area contributed by atoms with Gasteiger partial charge in [-0.05, 0) is 246 Å². The summed E-state index contributed by atoms with van der Waals surface area (Å²) < 4.78 is 0. The third kappa shape index (κ3) is 16.1. The van der Waals surface area contributed by atoms with Crippen LogP contribution < -0.4 is 0 Å². The molecule has 0 amide bonds. The molecular formula is C141H111N9. The van der Waals surface area contributed by atoms with Crippen LogP contribution in [0.4, 0.5) is 0 Å². The maximum atomic E-state index is 5.00. The second-order valence-electron chi connectivity index (χ2n) is 43.6. The highest BCUT2D eigenvalue weighted by atomic mass is 15.1. The van der Waals surface area contributed by atoms with E-state index in [0.717, 1.165) is 61.2 Å². The molecule has 0 bridgehead atoms. The number of rotatable bonds is 12. The normalized spacial score (nSPS) is 14.3. The van der Waals surface area contributed by atoms with Gasteiger partial charge in [0.05, 0.1) is 0 Å². The van der Waals surface area contributed by atoms with Crippen LogP contribution in [0.5, 0.6) is 0 Å². The Hall–Kier alpha value is -17.8. The summed E-state index contributed by atoms with van der Waals surface area (Å²) in [7, 11) is 0. The van der Waals surface area contributed by atoms with Gasteiger partial charge in [0.1, 0.15) is 0 Å². The number of aromatic nitrogens is 9. The molecule has 0 spiro atoms. The second-order valence-corrected chi connectivity index (χ2v) is 43.6. The fourth-order valence-corrected chi connectivity index (χ4v) is 23.3. The summed E-state index contributed by atoms with van der Waals surface area (Å²) in [6.45, 7) is 28.9. The first-order valence-corrected chi connectivity index (χ1v) is 52.1. The van der Waals surface area contributed by atoms with Crippen LogP contribution in [0.15, 0.2) is 455 Å². The molecule has 3 aromatic heterocycles. The monoisotopic (exact) mass is 1930 g/mol. The number of nitrogens with zero attached hydrogens (tertiary/aromatic N) is 9. The van der Waals surface area contributed by atoms with E-state index in [4.69, 9.17) is 44.9 Å². The van der Waals surface area contributed by atoms with E-state index in [0.29, 0.717) is 52.4 Å². The van der Waals surface area contributed by atoms with Crippen LogP contribution in [0, 0.1) is 0 Å². The van der Waals surface area contributed by atoms with Crippen LogP contribution in [0.2, 0.25) is 0 Å². The van der Waals surface area contributed by atoms with Crippen molar-refractivity contribution in [3.63, 3.8) is 0 Å². The average Bonchev–Trinajstić information content (AvgIpc) is 0.704. The van der Waals surface area contributed by atoms with Crippen LogP contribution in [-0.2, 0) is 32.5 Å². The molecule has 150 heavy (non-hydrogen) atoms. The van der Waals surface area contributed by atoms with Crippen LogP contribution in [0.1, 0.15) is 116 Å². The molecule has 0 aliphatic heterocycles. The van der Waals surface area contributed by atoms with E-state index in [1.165, 1.54) is 154 Å². The molecule has 3 aliphatic rings. The highest BCUT2D eigenvalue weighted by molar-refractivity contribution is 6.13. The van der Waals surface area contributed by atoms with Crippen molar-refractivity contribution in [1.29, 1.82) is 0 Å². The van der Waals surface area contributed by atoms with Crippen LogP contribution in [0.25, 0.3) is 234 Å². The standard InChI is InChI=1S/3C47H37N3/c1-46(2)41-29-34(23-24-38(41)40-27-26-37-36-21-12-11-14-30(36)22-25-39(37)42(40)47(46,3)4)33-19-13-20-35(28-33)45-49-43(31-15-7-5-8-16-31)48-44(50-45)32-17-9-6-10-18-32;1-46(2)41-27-34(24-25-38(41)40-29-39-35(28-42(40)47(46,3)4)23-22-30-14-11-12-21-37(30)39)33-19-13-20-36(26-33)45-49-43(31-15-7-5-8-16-31)48-44(50-45)32-17-9-6-10-18-32;1-46(2)41-27-35(25-26-38(41)40-29-39-36(28-42(40)47(46,3)4)24-21-31-13-11-12-18-37(31)39)30-19-22-34(23-20-30)45-49-43(32-14-7-5-8-15-32)48-44(50-45)33-16-9-6-10-17-33/h3*5-29H,1-4H3. The van der Waals surface area contributed by atoms with Gasteiger partial charge in [-0.3, -0.25) is 0 Å². The molecule has 0 atom stereocenters. The summed E-state index contributed by atoms with van der Waals surface area (Å²) in [6, 6.07) is 162. The molecule has 0 radical (unpaired) electrons. The predicted molar refractivity (Wildman–Crippen MR) is 624 cm³/mol. The molecule has 0 saturated heterocycles. The largest absolute Gasteiger partial charge is 0.208 e. The molecule has 21 aromatic carbocycles. The van der Waals surface area contributed by atoms with Gasteiger partial charge in [0.15, 0.2) is 52.4 Å². The van der Waals surface area contributed by atoms with E-state index in [9.17, 15) is 0 Å². The summed E-state index contributed by atoms with van der Waals surface area (Å²) in [4.78, 5) is 44.5. The first kappa shape index (κ1) is 93.3. The highest BCUT2D eigenvalue weighted by Crippen LogP contribution is 2.60. The van der Waals surface area contributed by atoms with Gasteiger partial charge in [-0.25, -0.2) is 44.9 Å². The van der Waals surface area contributed by atoms with E-state index in [1.807, 2.05) is 182 Å².